The molecule has 0 saturated carbocycles. The van der Waals surface area contributed by atoms with Gasteiger partial charge in [-0.3, -0.25) is 19.1 Å². The number of aromatic nitrogens is 2. The molecule has 23 heavy (non-hydrogen) atoms. The van der Waals surface area contributed by atoms with Gasteiger partial charge in [-0.15, -0.1) is 0 Å². The number of rotatable bonds is 5. The van der Waals surface area contributed by atoms with Gasteiger partial charge in [-0.25, -0.2) is 4.79 Å². The summed E-state index contributed by atoms with van der Waals surface area (Å²) in [5.74, 6) is -1.32. The maximum Gasteiger partial charge on any atom is 0.330 e. The molecule has 0 aliphatic carbocycles. The third-order valence-electron chi connectivity index (χ3n) is 3.52. The summed E-state index contributed by atoms with van der Waals surface area (Å²) in [5, 5.41) is 37.7. The predicted molar refractivity (Wildman–Crippen MR) is 83.3 cm³/mol. The maximum atomic E-state index is 11.9. The predicted octanol–water partition coefficient (Wildman–Crippen LogP) is -1.90. The van der Waals surface area contributed by atoms with Crippen molar-refractivity contribution in [1.29, 1.82) is 0 Å². The molecule has 5 atom stereocenters. The second kappa shape index (κ2) is 7.09. The fourth-order valence-corrected chi connectivity index (χ4v) is 2.66. The van der Waals surface area contributed by atoms with E-state index in [1.165, 1.54) is 22.6 Å². The number of aliphatic hydroxyl groups is 3. The largest absolute Gasteiger partial charge is 0.480 e. The van der Waals surface area contributed by atoms with Crippen molar-refractivity contribution in [2.75, 3.05) is 6.61 Å². The molecular formula is C12H15IN2O8. The van der Waals surface area contributed by atoms with Crippen molar-refractivity contribution >= 4 is 28.6 Å². The van der Waals surface area contributed by atoms with E-state index in [0.29, 0.717) is 0 Å². The van der Waals surface area contributed by atoms with Gasteiger partial charge in [0.1, 0.15) is 22.4 Å². The minimum Gasteiger partial charge on any atom is -0.480 e. The summed E-state index contributed by atoms with van der Waals surface area (Å²) in [6.07, 6.45) is -3.44. The van der Waals surface area contributed by atoms with E-state index in [1.54, 1.807) is 0 Å². The van der Waals surface area contributed by atoms with Crippen LogP contribution in [-0.2, 0) is 9.53 Å². The third kappa shape index (κ3) is 3.63. The number of hydrogen-bond acceptors (Lipinski definition) is 7. The molecule has 1 aliphatic heterocycles. The van der Waals surface area contributed by atoms with Crippen molar-refractivity contribution in [2.45, 2.75) is 34.9 Å². The van der Waals surface area contributed by atoms with Crippen LogP contribution in [-0.4, -0.2) is 58.7 Å². The number of nitrogens with one attached hydrogen (secondary N) is 1. The molecule has 0 spiro atoms. The number of H-pyrrole nitrogens is 1. The first kappa shape index (κ1) is 18.1. The normalized spacial score (nSPS) is 26.9. The molecule has 2 unspecified atom stereocenters. The lowest BCUT2D eigenvalue weighted by Crippen LogP contribution is -2.37. The zero-order valence-electron chi connectivity index (χ0n) is 11.6. The third-order valence-corrected chi connectivity index (χ3v) is 4.74. The molecule has 0 bridgehead atoms. The highest BCUT2D eigenvalue weighted by atomic mass is 127. The van der Waals surface area contributed by atoms with Crippen molar-refractivity contribution in [3.63, 3.8) is 0 Å². The summed E-state index contributed by atoms with van der Waals surface area (Å²) in [6.45, 7) is -0.444. The monoisotopic (exact) mass is 442 g/mol. The Hall–Kier alpha value is -1.28. The number of hydrogen-bond donors (Lipinski definition) is 5. The van der Waals surface area contributed by atoms with Crippen LogP contribution in [0.3, 0.4) is 0 Å². The Labute approximate surface area is 142 Å². The van der Waals surface area contributed by atoms with Crippen molar-refractivity contribution in [3.05, 3.63) is 32.6 Å². The number of carboxylic acids is 1. The number of aliphatic hydroxyl groups excluding tert-OH is 3. The number of aromatic amines is 1. The fourth-order valence-electron chi connectivity index (χ4n) is 2.27. The molecule has 0 amide bonds. The average Bonchev–Trinajstić information content (AvgIpc) is 2.86. The molecule has 1 aliphatic rings. The standard InChI is InChI=1S/C12H15IN2O8/c13-8(11(20)21)9(18)4-2-15(12(22)14-10(4)19)7-1-5(17)6(3-16)23-7/h2,5-9,16-18H,1,3H2,(H,20,21)(H,14,19,22)/t5-,6+,7+,8?,9?/m0/s1. The SMILES string of the molecule is O=C(O)C(I)C(O)c1cn([C@H]2C[C@H](O)[C@@H](CO)O2)c(=O)[nH]c1=O. The summed E-state index contributed by atoms with van der Waals surface area (Å²) < 4.78 is 4.97. The smallest absolute Gasteiger partial charge is 0.330 e. The first-order valence-corrected chi connectivity index (χ1v) is 7.85. The number of aliphatic carboxylic acids is 1. The van der Waals surface area contributed by atoms with Gasteiger partial charge in [0.05, 0.1) is 18.3 Å². The molecule has 1 aromatic heterocycles. The lowest BCUT2D eigenvalue weighted by atomic mass is 10.1. The Balaban J connectivity index is 2.40. The quantitative estimate of drug-likeness (QED) is 0.261. The summed E-state index contributed by atoms with van der Waals surface area (Å²) in [4.78, 5) is 36.6. The van der Waals surface area contributed by atoms with Gasteiger partial charge in [0.25, 0.3) is 5.56 Å². The molecule has 10 nitrogen and oxygen atoms in total. The fraction of sp³-hybridized carbons (Fsp3) is 0.583. The van der Waals surface area contributed by atoms with Crippen LogP contribution in [0.4, 0.5) is 0 Å². The van der Waals surface area contributed by atoms with Crippen LogP contribution in [0.5, 0.6) is 0 Å². The average molecular weight is 442 g/mol. The van der Waals surface area contributed by atoms with Crippen LogP contribution in [0.2, 0.25) is 0 Å². The zero-order chi connectivity index (χ0) is 17.3. The van der Waals surface area contributed by atoms with Gasteiger partial charge in [0, 0.05) is 12.6 Å². The molecule has 11 heteroatoms. The van der Waals surface area contributed by atoms with E-state index in [4.69, 9.17) is 14.9 Å². The van der Waals surface area contributed by atoms with Crippen molar-refractivity contribution < 1.29 is 30.0 Å². The number of nitrogens with zero attached hydrogens (tertiary/aromatic N) is 1. The Bertz CT molecular complexity index is 701. The molecule has 1 aromatic rings. The Morgan fingerprint density at radius 2 is 2.17 bits per heavy atom. The van der Waals surface area contributed by atoms with Crippen LogP contribution in [0.25, 0.3) is 0 Å². The van der Waals surface area contributed by atoms with E-state index in [1.807, 2.05) is 4.98 Å². The van der Waals surface area contributed by atoms with E-state index >= 15 is 0 Å². The number of ether oxygens (including phenoxy) is 1. The molecule has 0 radical (unpaired) electrons. The molecule has 128 valence electrons. The van der Waals surface area contributed by atoms with Crippen LogP contribution >= 0.6 is 22.6 Å². The van der Waals surface area contributed by atoms with Crippen molar-refractivity contribution in [3.8, 4) is 0 Å². The van der Waals surface area contributed by atoms with E-state index < -0.39 is 52.3 Å². The van der Waals surface area contributed by atoms with Gasteiger partial charge in [0.15, 0.2) is 0 Å². The first-order valence-electron chi connectivity index (χ1n) is 6.61. The highest BCUT2D eigenvalue weighted by Crippen LogP contribution is 2.28. The van der Waals surface area contributed by atoms with Crippen molar-refractivity contribution in [1.82, 2.24) is 9.55 Å². The van der Waals surface area contributed by atoms with Crippen LogP contribution in [0, 0.1) is 0 Å². The zero-order valence-corrected chi connectivity index (χ0v) is 13.8. The van der Waals surface area contributed by atoms with Gasteiger partial charge >= 0.3 is 11.7 Å². The van der Waals surface area contributed by atoms with Gasteiger partial charge in [-0.1, -0.05) is 22.6 Å². The van der Waals surface area contributed by atoms with Gasteiger partial charge < -0.3 is 25.2 Å². The van der Waals surface area contributed by atoms with Gasteiger partial charge in [0.2, 0.25) is 0 Å². The highest BCUT2D eigenvalue weighted by Gasteiger charge is 2.36. The minimum atomic E-state index is -1.64. The van der Waals surface area contributed by atoms with Crippen LogP contribution in [0.1, 0.15) is 24.3 Å². The number of carbonyl (C=O) groups is 1. The Kier molecular flexibility index (Phi) is 5.57. The van der Waals surface area contributed by atoms with E-state index in [-0.39, 0.29) is 12.0 Å². The second-order valence-corrected chi connectivity index (χ2v) is 6.39. The molecule has 0 aromatic carbocycles. The summed E-state index contributed by atoms with van der Waals surface area (Å²) in [5.41, 5.74) is -2.04. The molecule has 2 rings (SSSR count). The molecule has 2 heterocycles. The van der Waals surface area contributed by atoms with Gasteiger partial charge in [-0.2, -0.15) is 0 Å². The molecule has 1 saturated heterocycles. The Morgan fingerprint density at radius 1 is 1.52 bits per heavy atom. The highest BCUT2D eigenvalue weighted by molar-refractivity contribution is 14.1. The lowest BCUT2D eigenvalue weighted by molar-refractivity contribution is -0.137. The molecular weight excluding hydrogens is 427 g/mol. The summed E-state index contributed by atoms with van der Waals surface area (Å²) in [7, 11) is 0. The van der Waals surface area contributed by atoms with Gasteiger partial charge in [-0.05, 0) is 0 Å². The van der Waals surface area contributed by atoms with E-state index in [0.717, 1.165) is 10.8 Å². The number of alkyl halides is 1. The minimum absolute atomic E-state index is 0.000688. The van der Waals surface area contributed by atoms with E-state index in [2.05, 4.69) is 0 Å². The second-order valence-electron chi connectivity index (χ2n) is 5.05. The summed E-state index contributed by atoms with van der Waals surface area (Å²) in [6, 6.07) is 0. The molecule has 5 N–H and O–H groups in total. The first-order chi connectivity index (χ1) is 10.8. The van der Waals surface area contributed by atoms with Crippen LogP contribution in [0.15, 0.2) is 15.8 Å². The summed E-state index contributed by atoms with van der Waals surface area (Å²) >= 11 is 1.46. The lowest BCUT2D eigenvalue weighted by Gasteiger charge is -2.18. The van der Waals surface area contributed by atoms with Crippen LogP contribution < -0.4 is 11.2 Å². The molecule has 1 fully saturated rings. The maximum absolute atomic E-state index is 11.9. The van der Waals surface area contributed by atoms with Crippen molar-refractivity contribution in [2.24, 2.45) is 0 Å². The number of halogens is 1. The number of carboxylic acid groups (broad SMARTS) is 1. The topological polar surface area (TPSA) is 162 Å². The van der Waals surface area contributed by atoms with E-state index in [9.17, 15) is 24.6 Å². The Morgan fingerprint density at radius 3 is 2.70 bits per heavy atom.